The zero-order valence-corrected chi connectivity index (χ0v) is 7.37. The molecule has 0 aliphatic heterocycles. The SMILES string of the molecule is C=C(C#N)C=CCCP(=O)(O)O. The van der Waals surface area contributed by atoms with E-state index in [2.05, 4.69) is 6.58 Å². The van der Waals surface area contributed by atoms with Crippen LogP contribution in [0, 0.1) is 11.3 Å². The highest BCUT2D eigenvalue weighted by molar-refractivity contribution is 7.51. The standard InChI is InChI=1S/C7H10NO3P/c1-7(6-8)4-2-3-5-12(9,10)11/h2,4H,1,3,5H2,(H2,9,10,11). The number of hydrogen-bond acceptors (Lipinski definition) is 2. The molecule has 0 fully saturated rings. The zero-order valence-electron chi connectivity index (χ0n) is 6.47. The van der Waals surface area contributed by atoms with Crippen LogP contribution in [0.4, 0.5) is 0 Å². The first kappa shape index (κ1) is 11.1. The van der Waals surface area contributed by atoms with Crippen LogP contribution in [0.15, 0.2) is 24.3 Å². The molecule has 0 aromatic heterocycles. The summed E-state index contributed by atoms with van der Waals surface area (Å²) in [7, 11) is -3.90. The van der Waals surface area contributed by atoms with Crippen molar-refractivity contribution in [3.05, 3.63) is 24.3 Å². The van der Waals surface area contributed by atoms with Crippen molar-refractivity contribution in [1.82, 2.24) is 0 Å². The molecular weight excluding hydrogens is 177 g/mol. The average molecular weight is 187 g/mol. The Kier molecular flexibility index (Phi) is 4.53. The molecule has 0 heterocycles. The lowest BCUT2D eigenvalue weighted by Crippen LogP contribution is -1.84. The van der Waals surface area contributed by atoms with Crippen LogP contribution >= 0.6 is 7.60 Å². The Balaban J connectivity index is 3.73. The third kappa shape index (κ3) is 7.23. The van der Waals surface area contributed by atoms with Gasteiger partial charge in [0.1, 0.15) is 0 Å². The summed E-state index contributed by atoms with van der Waals surface area (Å²) in [6, 6.07) is 1.79. The highest BCUT2D eigenvalue weighted by Crippen LogP contribution is 2.34. The van der Waals surface area contributed by atoms with E-state index >= 15 is 0 Å². The largest absolute Gasteiger partial charge is 0.325 e. The molecule has 0 rings (SSSR count). The summed E-state index contributed by atoms with van der Waals surface area (Å²) in [5, 5.41) is 8.24. The maximum atomic E-state index is 10.3. The van der Waals surface area contributed by atoms with Crippen molar-refractivity contribution in [1.29, 1.82) is 5.26 Å². The molecule has 0 aliphatic carbocycles. The van der Waals surface area contributed by atoms with Crippen LogP contribution in [-0.4, -0.2) is 15.9 Å². The van der Waals surface area contributed by atoms with Crippen molar-refractivity contribution < 1.29 is 14.4 Å². The molecular formula is C7H10NO3P. The van der Waals surface area contributed by atoms with Crippen LogP contribution < -0.4 is 0 Å². The molecule has 0 bridgehead atoms. The van der Waals surface area contributed by atoms with E-state index in [1.54, 1.807) is 6.07 Å². The van der Waals surface area contributed by atoms with E-state index in [1.807, 2.05) is 0 Å². The minimum absolute atomic E-state index is 0.192. The number of nitrogens with zero attached hydrogens (tertiary/aromatic N) is 1. The second-order valence-corrected chi connectivity index (χ2v) is 3.99. The summed E-state index contributed by atoms with van der Waals surface area (Å²) >= 11 is 0. The minimum atomic E-state index is -3.90. The molecule has 0 spiro atoms. The maximum Gasteiger partial charge on any atom is 0.325 e. The molecule has 2 N–H and O–H groups in total. The van der Waals surface area contributed by atoms with Gasteiger partial charge in [0.05, 0.1) is 12.2 Å². The van der Waals surface area contributed by atoms with E-state index in [4.69, 9.17) is 15.0 Å². The van der Waals surface area contributed by atoms with Gasteiger partial charge in [-0.2, -0.15) is 5.26 Å². The number of hydrogen-bond donors (Lipinski definition) is 2. The zero-order chi connectivity index (χ0) is 9.61. The van der Waals surface area contributed by atoms with E-state index in [0.717, 1.165) is 0 Å². The lowest BCUT2D eigenvalue weighted by Gasteiger charge is -1.98. The van der Waals surface area contributed by atoms with Gasteiger partial charge < -0.3 is 9.79 Å². The van der Waals surface area contributed by atoms with Crippen LogP contribution in [0.1, 0.15) is 6.42 Å². The monoisotopic (exact) mass is 187 g/mol. The van der Waals surface area contributed by atoms with Crippen molar-refractivity contribution in [2.75, 3.05) is 6.16 Å². The van der Waals surface area contributed by atoms with Crippen molar-refractivity contribution in [2.45, 2.75) is 6.42 Å². The average Bonchev–Trinajstić information content (AvgIpc) is 1.96. The van der Waals surface area contributed by atoms with E-state index in [-0.39, 0.29) is 18.2 Å². The second kappa shape index (κ2) is 4.89. The molecule has 4 nitrogen and oxygen atoms in total. The first-order valence-corrected chi connectivity index (χ1v) is 5.05. The smallest absolute Gasteiger partial charge is 0.324 e. The Morgan fingerprint density at radius 1 is 1.67 bits per heavy atom. The fourth-order valence-electron chi connectivity index (χ4n) is 0.506. The van der Waals surface area contributed by atoms with Gasteiger partial charge >= 0.3 is 7.60 Å². The van der Waals surface area contributed by atoms with Crippen LogP contribution in [0.5, 0.6) is 0 Å². The normalized spacial score (nSPS) is 11.4. The maximum absolute atomic E-state index is 10.3. The second-order valence-electron chi connectivity index (χ2n) is 2.22. The lowest BCUT2D eigenvalue weighted by atomic mass is 10.3. The molecule has 0 atom stereocenters. The highest BCUT2D eigenvalue weighted by Gasteiger charge is 2.09. The summed E-state index contributed by atoms with van der Waals surface area (Å²) < 4.78 is 10.3. The predicted octanol–water partition coefficient (Wildman–Crippen LogP) is 1.19. The molecule has 5 heteroatoms. The first-order chi connectivity index (χ1) is 5.45. The number of allylic oxidation sites excluding steroid dienone is 3. The van der Waals surface area contributed by atoms with Crippen LogP contribution in [-0.2, 0) is 4.57 Å². The van der Waals surface area contributed by atoms with Gasteiger partial charge in [0.15, 0.2) is 0 Å². The van der Waals surface area contributed by atoms with Crippen molar-refractivity contribution in [2.24, 2.45) is 0 Å². The van der Waals surface area contributed by atoms with Crippen LogP contribution in [0.3, 0.4) is 0 Å². The van der Waals surface area contributed by atoms with Crippen molar-refractivity contribution in [3.63, 3.8) is 0 Å². The molecule has 0 aliphatic rings. The van der Waals surface area contributed by atoms with E-state index in [9.17, 15) is 4.57 Å². The molecule has 0 aromatic rings. The van der Waals surface area contributed by atoms with E-state index in [1.165, 1.54) is 12.2 Å². The van der Waals surface area contributed by atoms with Gasteiger partial charge in [0.2, 0.25) is 0 Å². The van der Waals surface area contributed by atoms with Crippen LogP contribution in [0.2, 0.25) is 0 Å². The Labute approximate surface area is 71.0 Å². The minimum Gasteiger partial charge on any atom is -0.324 e. The molecule has 0 unspecified atom stereocenters. The number of nitriles is 1. The topological polar surface area (TPSA) is 81.3 Å². The Morgan fingerprint density at radius 2 is 2.25 bits per heavy atom. The van der Waals surface area contributed by atoms with Crippen molar-refractivity contribution >= 4 is 7.60 Å². The summed E-state index contributed by atoms with van der Waals surface area (Å²) in [5.41, 5.74) is 0.278. The Morgan fingerprint density at radius 3 is 2.67 bits per heavy atom. The quantitative estimate of drug-likeness (QED) is 0.393. The number of rotatable bonds is 4. The molecule has 0 saturated carbocycles. The van der Waals surface area contributed by atoms with Gasteiger partial charge in [0, 0.05) is 5.57 Å². The lowest BCUT2D eigenvalue weighted by molar-refractivity contribution is 0.373. The molecule has 0 aromatic carbocycles. The fourth-order valence-corrected chi connectivity index (χ4v) is 0.991. The van der Waals surface area contributed by atoms with Gasteiger partial charge in [-0.05, 0) is 12.5 Å². The van der Waals surface area contributed by atoms with Gasteiger partial charge in [-0.1, -0.05) is 12.7 Å². The predicted molar refractivity (Wildman–Crippen MR) is 45.4 cm³/mol. The third-order valence-electron chi connectivity index (χ3n) is 1.05. The highest BCUT2D eigenvalue weighted by atomic mass is 31.2. The summed E-state index contributed by atoms with van der Waals surface area (Å²) in [5.74, 6) is 0. The molecule has 0 amide bonds. The Hall–Kier alpha value is -0.880. The van der Waals surface area contributed by atoms with Gasteiger partial charge in [-0.3, -0.25) is 4.57 Å². The molecule has 12 heavy (non-hydrogen) atoms. The molecule has 0 saturated heterocycles. The van der Waals surface area contributed by atoms with Crippen LogP contribution in [0.25, 0.3) is 0 Å². The van der Waals surface area contributed by atoms with Gasteiger partial charge in [-0.25, -0.2) is 0 Å². The molecule has 0 radical (unpaired) electrons. The summed E-state index contributed by atoms with van der Waals surface area (Å²) in [6.45, 7) is 3.37. The van der Waals surface area contributed by atoms with E-state index in [0.29, 0.717) is 0 Å². The van der Waals surface area contributed by atoms with Gasteiger partial charge in [0.25, 0.3) is 0 Å². The first-order valence-electron chi connectivity index (χ1n) is 3.26. The van der Waals surface area contributed by atoms with E-state index < -0.39 is 7.60 Å². The Bertz CT molecular complexity index is 271. The fraction of sp³-hybridized carbons (Fsp3) is 0.286. The summed E-state index contributed by atoms with van der Waals surface area (Å²) in [4.78, 5) is 16.9. The summed E-state index contributed by atoms with van der Waals surface area (Å²) in [6.07, 6.45) is 3.02. The van der Waals surface area contributed by atoms with Crippen molar-refractivity contribution in [3.8, 4) is 6.07 Å². The molecule has 66 valence electrons. The van der Waals surface area contributed by atoms with Gasteiger partial charge in [-0.15, -0.1) is 0 Å². The third-order valence-corrected chi connectivity index (χ3v) is 1.89.